The van der Waals surface area contributed by atoms with Crippen molar-refractivity contribution < 1.29 is 4.74 Å². The van der Waals surface area contributed by atoms with Gasteiger partial charge in [0.05, 0.1) is 7.05 Å². The number of nitrogens with zero attached hydrogens (tertiary/aromatic N) is 4. The van der Waals surface area contributed by atoms with Gasteiger partial charge in [0.2, 0.25) is 5.82 Å². The van der Waals surface area contributed by atoms with Crippen LogP contribution in [0.5, 0.6) is 5.75 Å². The SMILES string of the molecule is CCNCc1cc(Br)ccc1OCc1nnn(C)n1. The molecule has 0 bridgehead atoms. The predicted molar refractivity (Wildman–Crippen MR) is 74.7 cm³/mol. The van der Waals surface area contributed by atoms with Crippen LogP contribution in [-0.2, 0) is 20.2 Å². The maximum Gasteiger partial charge on any atom is 0.212 e. The zero-order valence-corrected chi connectivity index (χ0v) is 12.5. The number of benzene rings is 1. The molecule has 19 heavy (non-hydrogen) atoms. The summed E-state index contributed by atoms with van der Waals surface area (Å²) in [7, 11) is 1.73. The summed E-state index contributed by atoms with van der Waals surface area (Å²) >= 11 is 3.47. The molecule has 0 atom stereocenters. The smallest absolute Gasteiger partial charge is 0.212 e. The zero-order valence-electron chi connectivity index (χ0n) is 10.9. The normalized spacial score (nSPS) is 10.7. The first-order valence-electron chi connectivity index (χ1n) is 6.04. The second kappa shape index (κ2) is 6.63. The Morgan fingerprint density at radius 2 is 2.26 bits per heavy atom. The van der Waals surface area contributed by atoms with Crippen molar-refractivity contribution in [3.05, 3.63) is 34.1 Å². The molecule has 0 aliphatic rings. The van der Waals surface area contributed by atoms with Gasteiger partial charge in [0.1, 0.15) is 5.75 Å². The molecule has 0 aliphatic carbocycles. The fraction of sp³-hybridized carbons (Fsp3) is 0.417. The van der Waals surface area contributed by atoms with E-state index in [9.17, 15) is 0 Å². The summed E-state index contributed by atoms with van der Waals surface area (Å²) in [5.41, 5.74) is 1.10. The van der Waals surface area contributed by atoms with Crippen LogP contribution in [0.4, 0.5) is 0 Å². The van der Waals surface area contributed by atoms with Gasteiger partial charge in [-0.2, -0.15) is 4.80 Å². The Balaban J connectivity index is 2.05. The maximum atomic E-state index is 5.75. The third-order valence-electron chi connectivity index (χ3n) is 2.49. The molecule has 0 saturated carbocycles. The first-order chi connectivity index (χ1) is 9.19. The van der Waals surface area contributed by atoms with Crippen molar-refractivity contribution in [3.8, 4) is 5.75 Å². The van der Waals surface area contributed by atoms with Gasteiger partial charge in [-0.1, -0.05) is 22.9 Å². The minimum absolute atomic E-state index is 0.314. The van der Waals surface area contributed by atoms with Crippen LogP contribution in [0.2, 0.25) is 0 Å². The second-order valence-corrected chi connectivity index (χ2v) is 4.93. The standard InChI is InChI=1S/C12H16BrN5O/c1-3-14-7-9-6-10(13)4-5-11(9)19-8-12-15-17-18(2)16-12/h4-6,14H,3,7-8H2,1-2H3. The Morgan fingerprint density at radius 3 is 2.95 bits per heavy atom. The molecule has 2 aromatic rings. The van der Waals surface area contributed by atoms with E-state index in [2.05, 4.69) is 43.6 Å². The maximum absolute atomic E-state index is 5.75. The monoisotopic (exact) mass is 325 g/mol. The zero-order chi connectivity index (χ0) is 13.7. The van der Waals surface area contributed by atoms with E-state index in [1.54, 1.807) is 7.05 Å². The predicted octanol–water partition coefficient (Wildman–Crippen LogP) is 1.66. The van der Waals surface area contributed by atoms with Crippen LogP contribution in [0.15, 0.2) is 22.7 Å². The highest BCUT2D eigenvalue weighted by Gasteiger charge is 2.07. The molecule has 1 aromatic carbocycles. The molecule has 1 N–H and O–H groups in total. The van der Waals surface area contributed by atoms with E-state index in [4.69, 9.17) is 4.74 Å². The van der Waals surface area contributed by atoms with E-state index in [0.29, 0.717) is 12.4 Å². The molecule has 102 valence electrons. The summed E-state index contributed by atoms with van der Waals surface area (Å²) in [5, 5.41) is 15.0. The molecular weight excluding hydrogens is 310 g/mol. The Hall–Kier alpha value is -1.47. The van der Waals surface area contributed by atoms with E-state index in [-0.39, 0.29) is 0 Å². The number of aromatic nitrogens is 4. The van der Waals surface area contributed by atoms with Crippen LogP contribution in [-0.4, -0.2) is 26.8 Å². The van der Waals surface area contributed by atoms with E-state index in [1.807, 2.05) is 18.2 Å². The summed E-state index contributed by atoms with van der Waals surface area (Å²) < 4.78 is 6.78. The number of halogens is 1. The summed E-state index contributed by atoms with van der Waals surface area (Å²) in [6, 6.07) is 5.93. The molecule has 0 aliphatic heterocycles. The minimum atomic E-state index is 0.314. The molecule has 0 saturated heterocycles. The Morgan fingerprint density at radius 1 is 1.42 bits per heavy atom. The summed E-state index contributed by atoms with van der Waals surface area (Å²) in [6.07, 6.45) is 0. The highest BCUT2D eigenvalue weighted by molar-refractivity contribution is 9.10. The number of nitrogens with one attached hydrogen (secondary N) is 1. The molecule has 0 amide bonds. The lowest BCUT2D eigenvalue weighted by atomic mass is 10.2. The molecule has 0 spiro atoms. The van der Waals surface area contributed by atoms with Crippen molar-refractivity contribution in [1.29, 1.82) is 0 Å². The number of aryl methyl sites for hydroxylation is 1. The highest BCUT2D eigenvalue weighted by Crippen LogP contribution is 2.23. The molecule has 6 nitrogen and oxygen atoms in total. The topological polar surface area (TPSA) is 64.9 Å². The number of hydrogen-bond donors (Lipinski definition) is 1. The van der Waals surface area contributed by atoms with E-state index in [0.717, 1.165) is 28.9 Å². The van der Waals surface area contributed by atoms with Crippen molar-refractivity contribution >= 4 is 15.9 Å². The van der Waals surface area contributed by atoms with Gasteiger partial charge in [0.25, 0.3) is 0 Å². The number of hydrogen-bond acceptors (Lipinski definition) is 5. The lowest BCUT2D eigenvalue weighted by molar-refractivity contribution is 0.291. The van der Waals surface area contributed by atoms with Crippen LogP contribution in [0, 0.1) is 0 Å². The lowest BCUT2D eigenvalue weighted by Gasteiger charge is -2.11. The van der Waals surface area contributed by atoms with Crippen LogP contribution < -0.4 is 10.1 Å². The summed E-state index contributed by atoms with van der Waals surface area (Å²) in [4.78, 5) is 1.42. The Kier molecular flexibility index (Phi) is 4.86. The molecule has 0 radical (unpaired) electrons. The van der Waals surface area contributed by atoms with Crippen molar-refractivity contribution in [1.82, 2.24) is 25.5 Å². The van der Waals surface area contributed by atoms with E-state index < -0.39 is 0 Å². The molecule has 1 aromatic heterocycles. The average molecular weight is 326 g/mol. The van der Waals surface area contributed by atoms with Gasteiger partial charge in [0.15, 0.2) is 6.61 Å². The molecule has 1 heterocycles. The van der Waals surface area contributed by atoms with Crippen molar-refractivity contribution in [2.75, 3.05) is 6.54 Å². The summed E-state index contributed by atoms with van der Waals surface area (Å²) in [5.74, 6) is 1.40. The second-order valence-electron chi connectivity index (χ2n) is 4.02. The molecule has 7 heteroatoms. The van der Waals surface area contributed by atoms with Crippen molar-refractivity contribution in [3.63, 3.8) is 0 Å². The van der Waals surface area contributed by atoms with Crippen molar-refractivity contribution in [2.24, 2.45) is 7.05 Å². The summed E-state index contributed by atoms with van der Waals surface area (Å²) in [6.45, 7) is 4.06. The van der Waals surface area contributed by atoms with Gasteiger partial charge in [-0.15, -0.1) is 10.2 Å². The van der Waals surface area contributed by atoms with E-state index in [1.165, 1.54) is 4.80 Å². The third kappa shape index (κ3) is 4.00. The number of tetrazole rings is 1. The molecular formula is C12H16BrN5O. The van der Waals surface area contributed by atoms with Crippen LogP contribution in [0.1, 0.15) is 18.3 Å². The number of rotatable bonds is 6. The highest BCUT2D eigenvalue weighted by atomic mass is 79.9. The minimum Gasteiger partial charge on any atom is -0.485 e. The van der Waals surface area contributed by atoms with Gasteiger partial charge in [-0.25, -0.2) is 0 Å². The molecule has 2 rings (SSSR count). The third-order valence-corrected chi connectivity index (χ3v) is 2.99. The fourth-order valence-corrected chi connectivity index (χ4v) is 2.02. The van der Waals surface area contributed by atoms with Crippen LogP contribution in [0.25, 0.3) is 0 Å². The van der Waals surface area contributed by atoms with Gasteiger partial charge in [-0.05, 0) is 30.0 Å². The largest absolute Gasteiger partial charge is 0.485 e. The molecule has 0 fully saturated rings. The molecule has 0 unspecified atom stereocenters. The Bertz CT molecular complexity index is 543. The lowest BCUT2D eigenvalue weighted by Crippen LogP contribution is -2.13. The van der Waals surface area contributed by atoms with Gasteiger partial charge >= 0.3 is 0 Å². The average Bonchev–Trinajstić information content (AvgIpc) is 2.81. The quantitative estimate of drug-likeness (QED) is 0.875. The van der Waals surface area contributed by atoms with Crippen LogP contribution >= 0.6 is 15.9 Å². The van der Waals surface area contributed by atoms with Crippen molar-refractivity contribution in [2.45, 2.75) is 20.1 Å². The van der Waals surface area contributed by atoms with E-state index >= 15 is 0 Å². The van der Waals surface area contributed by atoms with Gasteiger partial charge in [-0.3, -0.25) is 0 Å². The van der Waals surface area contributed by atoms with Crippen LogP contribution in [0.3, 0.4) is 0 Å². The fourth-order valence-electron chi connectivity index (χ4n) is 1.61. The first kappa shape index (κ1) is 14.0. The van der Waals surface area contributed by atoms with Gasteiger partial charge < -0.3 is 10.1 Å². The van der Waals surface area contributed by atoms with Gasteiger partial charge in [0, 0.05) is 16.6 Å². The number of ether oxygens (including phenoxy) is 1. The first-order valence-corrected chi connectivity index (χ1v) is 6.83. The Labute approximate surface area is 120 Å².